The number of hydrogen-bond donors (Lipinski definition) is 1. The summed E-state index contributed by atoms with van der Waals surface area (Å²) in [6.45, 7) is 0. The lowest BCUT2D eigenvalue weighted by Gasteiger charge is -2.10. The summed E-state index contributed by atoms with van der Waals surface area (Å²) in [5.74, 6) is 0.557. The quantitative estimate of drug-likeness (QED) is 0.923. The Labute approximate surface area is 135 Å². The van der Waals surface area contributed by atoms with Crippen molar-refractivity contribution in [2.75, 3.05) is 26.5 Å². The molecule has 0 aliphatic heterocycles. The number of anilines is 1. The van der Waals surface area contributed by atoms with Gasteiger partial charge in [-0.25, -0.2) is 0 Å². The van der Waals surface area contributed by atoms with Crippen LogP contribution in [0.2, 0.25) is 0 Å². The number of hydrogen-bond acceptors (Lipinski definition) is 3. The van der Waals surface area contributed by atoms with Gasteiger partial charge in [-0.15, -0.1) is 0 Å². The number of carbonyl (C=O) groups excluding carboxylic acids is 2. The number of rotatable bonds is 5. The second kappa shape index (κ2) is 7.45. The van der Waals surface area contributed by atoms with E-state index >= 15 is 0 Å². The van der Waals surface area contributed by atoms with E-state index in [0.29, 0.717) is 23.4 Å². The van der Waals surface area contributed by atoms with Crippen LogP contribution in [0.5, 0.6) is 5.75 Å². The SMILES string of the molecule is COc1ccc(C(=O)Nc2ccc(CC(=O)N(C)C)cc2)cc1. The van der Waals surface area contributed by atoms with Gasteiger partial charge < -0.3 is 15.0 Å². The topological polar surface area (TPSA) is 58.6 Å². The Hall–Kier alpha value is -2.82. The van der Waals surface area contributed by atoms with Crippen LogP contribution in [0.25, 0.3) is 0 Å². The van der Waals surface area contributed by atoms with Gasteiger partial charge in [0.15, 0.2) is 0 Å². The number of carbonyl (C=O) groups is 2. The van der Waals surface area contributed by atoms with Crippen LogP contribution in [0.3, 0.4) is 0 Å². The van der Waals surface area contributed by atoms with Crippen LogP contribution in [-0.2, 0) is 11.2 Å². The zero-order valence-electron chi connectivity index (χ0n) is 13.5. The first-order valence-corrected chi connectivity index (χ1v) is 7.24. The van der Waals surface area contributed by atoms with Crippen molar-refractivity contribution >= 4 is 17.5 Å². The standard InChI is InChI=1S/C18H20N2O3/c1-20(2)17(21)12-13-4-8-15(9-5-13)19-18(22)14-6-10-16(23-3)11-7-14/h4-11H,12H2,1-3H3,(H,19,22). The van der Waals surface area contributed by atoms with E-state index in [4.69, 9.17) is 4.74 Å². The van der Waals surface area contributed by atoms with Crippen LogP contribution in [-0.4, -0.2) is 37.9 Å². The summed E-state index contributed by atoms with van der Waals surface area (Å²) in [7, 11) is 5.04. The molecule has 0 bridgehead atoms. The second-order valence-electron chi connectivity index (χ2n) is 5.34. The highest BCUT2D eigenvalue weighted by molar-refractivity contribution is 6.04. The Morgan fingerprint density at radius 2 is 1.61 bits per heavy atom. The number of benzene rings is 2. The van der Waals surface area contributed by atoms with Crippen molar-refractivity contribution in [1.29, 1.82) is 0 Å². The van der Waals surface area contributed by atoms with Gasteiger partial charge in [-0.1, -0.05) is 12.1 Å². The monoisotopic (exact) mass is 312 g/mol. The number of ether oxygens (including phenoxy) is 1. The highest BCUT2D eigenvalue weighted by Gasteiger charge is 2.08. The van der Waals surface area contributed by atoms with Gasteiger partial charge in [0.05, 0.1) is 13.5 Å². The van der Waals surface area contributed by atoms with Gasteiger partial charge in [-0.3, -0.25) is 9.59 Å². The van der Waals surface area contributed by atoms with Gasteiger partial charge in [0.25, 0.3) is 5.91 Å². The number of amides is 2. The summed E-state index contributed by atoms with van der Waals surface area (Å²) in [5.41, 5.74) is 2.15. The van der Waals surface area contributed by atoms with E-state index in [0.717, 1.165) is 5.56 Å². The second-order valence-corrected chi connectivity index (χ2v) is 5.34. The summed E-state index contributed by atoms with van der Waals surface area (Å²) >= 11 is 0. The smallest absolute Gasteiger partial charge is 0.255 e. The summed E-state index contributed by atoms with van der Waals surface area (Å²) in [6.07, 6.45) is 0.347. The molecular formula is C18H20N2O3. The highest BCUT2D eigenvalue weighted by Crippen LogP contribution is 2.15. The Kier molecular flexibility index (Phi) is 5.36. The Balaban J connectivity index is 1.99. The van der Waals surface area contributed by atoms with Crippen LogP contribution >= 0.6 is 0 Å². The lowest BCUT2D eigenvalue weighted by molar-refractivity contribution is -0.127. The fraction of sp³-hybridized carbons (Fsp3) is 0.222. The van der Waals surface area contributed by atoms with Crippen LogP contribution in [0, 0.1) is 0 Å². The molecule has 5 heteroatoms. The molecule has 5 nitrogen and oxygen atoms in total. The highest BCUT2D eigenvalue weighted by atomic mass is 16.5. The molecule has 1 N–H and O–H groups in total. The molecule has 23 heavy (non-hydrogen) atoms. The molecule has 0 radical (unpaired) electrons. The molecule has 2 aromatic rings. The normalized spacial score (nSPS) is 10.0. The van der Waals surface area contributed by atoms with Crippen LogP contribution in [0.1, 0.15) is 15.9 Å². The molecule has 0 saturated carbocycles. The van der Waals surface area contributed by atoms with Gasteiger partial charge in [-0.05, 0) is 42.0 Å². The molecule has 120 valence electrons. The maximum Gasteiger partial charge on any atom is 0.255 e. The average Bonchev–Trinajstić information content (AvgIpc) is 2.56. The molecule has 0 heterocycles. The maximum atomic E-state index is 12.2. The first-order chi connectivity index (χ1) is 11.0. The molecule has 2 aromatic carbocycles. The van der Waals surface area contributed by atoms with E-state index in [1.165, 1.54) is 0 Å². The van der Waals surface area contributed by atoms with Crippen molar-refractivity contribution in [3.8, 4) is 5.75 Å². The van der Waals surface area contributed by atoms with Gasteiger partial charge in [0, 0.05) is 25.3 Å². The molecule has 0 spiro atoms. The van der Waals surface area contributed by atoms with Crippen molar-refractivity contribution in [3.63, 3.8) is 0 Å². The van der Waals surface area contributed by atoms with E-state index in [9.17, 15) is 9.59 Å². The van der Waals surface area contributed by atoms with Gasteiger partial charge in [0.1, 0.15) is 5.75 Å². The lowest BCUT2D eigenvalue weighted by Crippen LogP contribution is -2.23. The molecule has 0 saturated heterocycles. The molecule has 2 amide bonds. The van der Waals surface area contributed by atoms with Crippen molar-refractivity contribution in [3.05, 3.63) is 59.7 Å². The third-order valence-corrected chi connectivity index (χ3v) is 3.42. The van der Waals surface area contributed by atoms with Gasteiger partial charge in [0.2, 0.25) is 5.91 Å². The molecular weight excluding hydrogens is 292 g/mol. The Morgan fingerprint density at radius 3 is 2.13 bits per heavy atom. The van der Waals surface area contributed by atoms with E-state index in [1.54, 1.807) is 62.5 Å². The van der Waals surface area contributed by atoms with Crippen LogP contribution in [0.4, 0.5) is 5.69 Å². The van der Waals surface area contributed by atoms with Crippen molar-refractivity contribution in [2.24, 2.45) is 0 Å². The molecule has 0 aliphatic rings. The molecule has 0 aliphatic carbocycles. The zero-order valence-corrected chi connectivity index (χ0v) is 13.5. The third kappa shape index (κ3) is 4.57. The Bertz CT molecular complexity index is 676. The van der Waals surface area contributed by atoms with Gasteiger partial charge >= 0.3 is 0 Å². The third-order valence-electron chi connectivity index (χ3n) is 3.42. The fourth-order valence-corrected chi connectivity index (χ4v) is 1.98. The minimum atomic E-state index is -0.190. The summed E-state index contributed by atoms with van der Waals surface area (Å²) in [6, 6.07) is 14.2. The summed E-state index contributed by atoms with van der Waals surface area (Å²) < 4.78 is 5.07. The number of nitrogens with one attached hydrogen (secondary N) is 1. The maximum absolute atomic E-state index is 12.2. The minimum Gasteiger partial charge on any atom is -0.497 e. The minimum absolute atomic E-state index is 0.0417. The molecule has 0 fully saturated rings. The lowest BCUT2D eigenvalue weighted by atomic mass is 10.1. The van der Waals surface area contributed by atoms with Gasteiger partial charge in [-0.2, -0.15) is 0 Å². The molecule has 2 rings (SSSR count). The number of nitrogens with zero attached hydrogens (tertiary/aromatic N) is 1. The first-order valence-electron chi connectivity index (χ1n) is 7.24. The predicted octanol–water partition coefficient (Wildman–Crippen LogP) is 2.58. The van der Waals surface area contributed by atoms with Crippen LogP contribution < -0.4 is 10.1 Å². The van der Waals surface area contributed by atoms with E-state index < -0.39 is 0 Å². The summed E-state index contributed by atoms with van der Waals surface area (Å²) in [4.78, 5) is 25.4. The first kappa shape index (κ1) is 16.5. The molecule has 0 aromatic heterocycles. The van der Waals surface area contributed by atoms with E-state index in [2.05, 4.69) is 5.32 Å². The Morgan fingerprint density at radius 1 is 1.00 bits per heavy atom. The van der Waals surface area contributed by atoms with Crippen molar-refractivity contribution < 1.29 is 14.3 Å². The number of methoxy groups -OCH3 is 1. The van der Waals surface area contributed by atoms with E-state index in [-0.39, 0.29) is 11.8 Å². The van der Waals surface area contributed by atoms with Crippen molar-refractivity contribution in [1.82, 2.24) is 4.90 Å². The zero-order chi connectivity index (χ0) is 16.8. The van der Waals surface area contributed by atoms with Crippen molar-refractivity contribution in [2.45, 2.75) is 6.42 Å². The largest absolute Gasteiger partial charge is 0.497 e. The average molecular weight is 312 g/mol. The predicted molar refractivity (Wildman–Crippen MR) is 89.8 cm³/mol. The fourth-order valence-electron chi connectivity index (χ4n) is 1.98. The summed E-state index contributed by atoms with van der Waals surface area (Å²) in [5, 5.41) is 2.82. The molecule has 0 atom stereocenters. The van der Waals surface area contributed by atoms with E-state index in [1.807, 2.05) is 12.1 Å². The molecule has 0 unspecified atom stereocenters. The number of likely N-dealkylation sites (N-methyl/N-ethyl adjacent to an activating group) is 1. The van der Waals surface area contributed by atoms with Crippen LogP contribution in [0.15, 0.2) is 48.5 Å².